The number of nitrogens with zero attached hydrogens (tertiary/aromatic N) is 1. The highest BCUT2D eigenvalue weighted by molar-refractivity contribution is 7.89. The first-order valence-corrected chi connectivity index (χ1v) is 18.5. The molecule has 5 atom stereocenters. The van der Waals surface area contributed by atoms with Crippen molar-refractivity contribution in [1.82, 2.24) is 14.9 Å². The fourth-order valence-corrected chi connectivity index (χ4v) is 7.93. The monoisotopic (exact) mass is 698 g/mol. The molecular formula is C36H50N4O8S. The Hall–Kier alpha value is -3.49. The summed E-state index contributed by atoms with van der Waals surface area (Å²) in [7, 11) is -4.15. The number of anilines is 1. The third-order valence-electron chi connectivity index (χ3n) is 8.95. The van der Waals surface area contributed by atoms with E-state index in [1.165, 1.54) is 16.4 Å². The minimum atomic E-state index is -4.15. The number of sulfonamides is 1. The van der Waals surface area contributed by atoms with Crippen LogP contribution >= 0.6 is 0 Å². The summed E-state index contributed by atoms with van der Waals surface area (Å²) in [5.41, 5.74) is 2.33. The first-order chi connectivity index (χ1) is 23.2. The molecule has 3 aliphatic rings. The van der Waals surface area contributed by atoms with Crippen LogP contribution in [0.5, 0.6) is 0 Å². The van der Waals surface area contributed by atoms with Crippen molar-refractivity contribution in [2.24, 2.45) is 17.3 Å². The number of nitrogens with one attached hydrogen (secondary N) is 3. The minimum absolute atomic E-state index is 0.00209. The van der Waals surface area contributed by atoms with Crippen molar-refractivity contribution in [2.45, 2.75) is 83.3 Å². The molecule has 268 valence electrons. The van der Waals surface area contributed by atoms with E-state index >= 15 is 0 Å². The van der Waals surface area contributed by atoms with E-state index < -0.39 is 34.4 Å². The van der Waals surface area contributed by atoms with Crippen LogP contribution < -0.4 is 16.0 Å². The zero-order valence-corrected chi connectivity index (χ0v) is 29.8. The van der Waals surface area contributed by atoms with Crippen molar-refractivity contribution >= 4 is 33.3 Å². The van der Waals surface area contributed by atoms with Gasteiger partial charge in [-0.15, -0.1) is 0 Å². The molecule has 12 nitrogen and oxygen atoms in total. The molecule has 13 heteroatoms. The van der Waals surface area contributed by atoms with Crippen LogP contribution in [0.25, 0.3) is 5.57 Å². The van der Waals surface area contributed by atoms with Gasteiger partial charge in [-0.25, -0.2) is 13.2 Å². The van der Waals surface area contributed by atoms with Gasteiger partial charge in [0.25, 0.3) is 5.91 Å². The summed E-state index contributed by atoms with van der Waals surface area (Å²) in [5.74, 6) is -0.442. The molecule has 3 aliphatic heterocycles. The van der Waals surface area contributed by atoms with Crippen molar-refractivity contribution < 1.29 is 37.3 Å². The lowest BCUT2D eigenvalue weighted by Crippen LogP contribution is -2.51. The van der Waals surface area contributed by atoms with Gasteiger partial charge in [-0.1, -0.05) is 65.0 Å². The van der Waals surface area contributed by atoms with E-state index in [0.717, 1.165) is 18.4 Å². The van der Waals surface area contributed by atoms with E-state index in [4.69, 9.17) is 14.2 Å². The van der Waals surface area contributed by atoms with Gasteiger partial charge in [-0.05, 0) is 54.4 Å². The van der Waals surface area contributed by atoms with Gasteiger partial charge in [-0.2, -0.15) is 4.31 Å². The molecule has 5 unspecified atom stereocenters. The standard InChI is InChI=1S/C36H50N4O8S/c1-23(2)20-40(49(44,45)25-11-12-29-27(18-25)28(33(42)38-29)19-37-15-14-36(3,4)5)21-31(41)30(17-24-9-7-6-8-10-24)39-35(43)48-32-22-47-34-26(32)13-16-46-34/h6-12,18-19,23,26,30-32,34,37,41H,13-17,20-22H2,1-5H3,(H,38,42)(H,39,43)/b28-19+. The Kier molecular flexibility index (Phi) is 11.7. The number of carbonyl (C=O) groups excluding carboxylic acids is 2. The molecule has 0 aromatic heterocycles. The Morgan fingerprint density at radius 3 is 2.61 bits per heavy atom. The number of rotatable bonds is 14. The Morgan fingerprint density at radius 1 is 1.14 bits per heavy atom. The summed E-state index contributed by atoms with van der Waals surface area (Å²) in [6, 6.07) is 13.0. The van der Waals surface area contributed by atoms with E-state index in [2.05, 4.69) is 36.7 Å². The molecule has 2 aromatic carbocycles. The Morgan fingerprint density at radius 2 is 1.90 bits per heavy atom. The molecule has 0 spiro atoms. The van der Waals surface area contributed by atoms with Crippen LogP contribution in [0.15, 0.2) is 59.6 Å². The number of aliphatic hydroxyl groups excluding tert-OH is 1. The number of aliphatic hydroxyl groups is 1. The zero-order valence-electron chi connectivity index (χ0n) is 29.0. The largest absolute Gasteiger partial charge is 0.443 e. The van der Waals surface area contributed by atoms with Gasteiger partial charge in [0.2, 0.25) is 10.0 Å². The van der Waals surface area contributed by atoms with Crippen molar-refractivity contribution in [3.05, 3.63) is 65.9 Å². The fourth-order valence-electron chi connectivity index (χ4n) is 6.28. The van der Waals surface area contributed by atoms with Gasteiger partial charge in [-0.3, -0.25) is 4.79 Å². The van der Waals surface area contributed by atoms with Gasteiger partial charge in [0.15, 0.2) is 6.29 Å². The van der Waals surface area contributed by atoms with Crippen LogP contribution in [0.2, 0.25) is 0 Å². The fraction of sp³-hybridized carbons (Fsp3) is 0.556. The normalized spacial score (nSPS) is 22.6. The maximum absolute atomic E-state index is 14.2. The lowest BCUT2D eigenvalue weighted by Gasteiger charge is -2.31. The topological polar surface area (TPSA) is 156 Å². The highest BCUT2D eigenvalue weighted by atomic mass is 32.2. The predicted molar refractivity (Wildman–Crippen MR) is 186 cm³/mol. The number of fused-ring (bicyclic) bond motifs is 2. The second-order valence-corrected chi connectivity index (χ2v) is 16.6. The molecule has 2 saturated heterocycles. The number of benzene rings is 2. The average molecular weight is 699 g/mol. The zero-order chi connectivity index (χ0) is 35.3. The highest BCUT2D eigenvalue weighted by Gasteiger charge is 2.44. The molecule has 2 fully saturated rings. The molecule has 0 radical (unpaired) electrons. The summed E-state index contributed by atoms with van der Waals surface area (Å²) in [5, 5.41) is 20.5. The summed E-state index contributed by atoms with van der Waals surface area (Å²) < 4.78 is 46.6. The molecule has 0 saturated carbocycles. The van der Waals surface area contributed by atoms with E-state index in [0.29, 0.717) is 30.0 Å². The van der Waals surface area contributed by atoms with Gasteiger partial charge in [0, 0.05) is 37.1 Å². The maximum atomic E-state index is 14.2. The van der Waals surface area contributed by atoms with Crippen LogP contribution in [0.3, 0.4) is 0 Å². The molecular weight excluding hydrogens is 648 g/mol. The lowest BCUT2D eigenvalue weighted by molar-refractivity contribution is -0.110. The number of alkyl carbamates (subject to hydrolysis) is 1. The van der Waals surface area contributed by atoms with Gasteiger partial charge in [0.1, 0.15) is 6.10 Å². The number of hydrogen-bond donors (Lipinski definition) is 4. The van der Waals surface area contributed by atoms with E-state index in [-0.39, 0.29) is 60.5 Å². The first kappa shape index (κ1) is 36.8. The second kappa shape index (κ2) is 15.6. The Balaban J connectivity index is 1.35. The maximum Gasteiger partial charge on any atom is 0.407 e. The lowest BCUT2D eigenvalue weighted by atomic mass is 9.92. The summed E-state index contributed by atoms with van der Waals surface area (Å²) in [4.78, 5) is 26.0. The summed E-state index contributed by atoms with van der Waals surface area (Å²) >= 11 is 0. The average Bonchev–Trinajstić information content (AvgIpc) is 3.73. The van der Waals surface area contributed by atoms with E-state index in [1.807, 2.05) is 44.2 Å². The van der Waals surface area contributed by atoms with E-state index in [9.17, 15) is 23.1 Å². The number of hydrogen-bond acceptors (Lipinski definition) is 9. The molecule has 0 bridgehead atoms. The van der Waals surface area contributed by atoms with Crippen LogP contribution in [-0.4, -0.2) is 87.2 Å². The van der Waals surface area contributed by atoms with Gasteiger partial charge in [0.05, 0.1) is 41.7 Å². The number of amides is 2. The second-order valence-electron chi connectivity index (χ2n) is 14.7. The third-order valence-corrected chi connectivity index (χ3v) is 10.8. The highest BCUT2D eigenvalue weighted by Crippen LogP contribution is 2.35. The van der Waals surface area contributed by atoms with Crippen molar-refractivity contribution in [2.75, 3.05) is 38.2 Å². The molecule has 2 amide bonds. The number of ether oxygens (including phenoxy) is 3. The quantitative estimate of drug-likeness (QED) is 0.169. The van der Waals surface area contributed by atoms with E-state index in [1.54, 1.807) is 12.3 Å². The van der Waals surface area contributed by atoms with Crippen LogP contribution in [0.4, 0.5) is 10.5 Å². The van der Waals surface area contributed by atoms with Crippen LogP contribution in [0, 0.1) is 17.3 Å². The minimum Gasteiger partial charge on any atom is -0.443 e. The molecule has 5 rings (SSSR count). The third kappa shape index (κ3) is 9.40. The molecule has 49 heavy (non-hydrogen) atoms. The van der Waals surface area contributed by atoms with Crippen molar-refractivity contribution in [1.29, 1.82) is 0 Å². The van der Waals surface area contributed by atoms with Crippen LogP contribution in [-0.2, 0) is 35.4 Å². The molecule has 3 heterocycles. The predicted octanol–water partition coefficient (Wildman–Crippen LogP) is 4.11. The molecule has 2 aromatic rings. The first-order valence-electron chi connectivity index (χ1n) is 17.0. The smallest absolute Gasteiger partial charge is 0.407 e. The summed E-state index contributed by atoms with van der Waals surface area (Å²) in [6.07, 6.45) is 0.612. The van der Waals surface area contributed by atoms with Crippen molar-refractivity contribution in [3.8, 4) is 0 Å². The summed E-state index contributed by atoms with van der Waals surface area (Å²) in [6.45, 7) is 11.4. The van der Waals surface area contributed by atoms with Gasteiger partial charge >= 0.3 is 6.09 Å². The van der Waals surface area contributed by atoms with Crippen molar-refractivity contribution in [3.63, 3.8) is 0 Å². The SMILES string of the molecule is CC(C)CN(CC(O)C(Cc1ccccc1)NC(=O)OC1COC2OCCC12)S(=O)(=O)c1ccc2c(c1)/C(=C\NCCC(C)(C)C)C(=O)N2. The van der Waals surface area contributed by atoms with Gasteiger partial charge < -0.3 is 35.3 Å². The Bertz CT molecular complexity index is 1610. The molecule has 0 aliphatic carbocycles. The number of carbonyl (C=O) groups is 2. The Labute approximate surface area is 289 Å². The van der Waals surface area contributed by atoms with Crippen LogP contribution in [0.1, 0.15) is 58.6 Å². The molecule has 4 N–H and O–H groups in total.